The molecule has 0 atom stereocenters. The fraction of sp³-hybridized carbons (Fsp3) is 0. The molecule has 1 nitrogen and oxygen atoms in total. The number of hydrogen-bond donors (Lipinski definition) is 0. The molecule has 0 aliphatic rings. The van der Waals surface area contributed by atoms with Crippen molar-refractivity contribution in [2.24, 2.45) is 0 Å². The smallest absolute Gasteiger partial charge is 0.0468 e. The van der Waals surface area contributed by atoms with Gasteiger partial charge in [0.1, 0.15) is 0 Å². The van der Waals surface area contributed by atoms with Gasteiger partial charge in [0, 0.05) is 37.2 Å². The van der Waals surface area contributed by atoms with Gasteiger partial charge in [0.2, 0.25) is 0 Å². The van der Waals surface area contributed by atoms with Crippen LogP contribution in [0.4, 0.5) is 17.1 Å². The number of hydrogen-bond acceptors (Lipinski definition) is 2. The Morgan fingerprint density at radius 3 is 1.48 bits per heavy atom. The molecule has 0 unspecified atom stereocenters. The van der Waals surface area contributed by atoms with Crippen molar-refractivity contribution in [2.75, 3.05) is 4.90 Å². The molecule has 2 heteroatoms. The second-order valence-corrected chi connectivity index (χ2v) is 15.6. The first kappa shape index (κ1) is 32.4. The van der Waals surface area contributed by atoms with E-state index in [2.05, 4.69) is 217 Å². The van der Waals surface area contributed by atoms with Crippen molar-refractivity contribution < 1.29 is 0 Å². The third-order valence-electron chi connectivity index (χ3n) is 11.2. The Hall–Kier alpha value is -7.00. The zero-order chi connectivity index (χ0) is 37.0. The topological polar surface area (TPSA) is 3.24 Å². The van der Waals surface area contributed by atoms with Crippen molar-refractivity contribution in [3.63, 3.8) is 0 Å². The third kappa shape index (κ3) is 5.46. The molecular formula is C54H35NS. The maximum absolute atomic E-state index is 2.45. The number of anilines is 3. The van der Waals surface area contributed by atoms with Crippen LogP contribution in [0.25, 0.3) is 85.9 Å². The van der Waals surface area contributed by atoms with Crippen LogP contribution < -0.4 is 4.90 Å². The zero-order valence-corrected chi connectivity index (χ0v) is 31.4. The lowest BCUT2D eigenvalue weighted by Gasteiger charge is -2.27. The second kappa shape index (κ2) is 13.4. The Morgan fingerprint density at radius 1 is 0.268 bits per heavy atom. The average molecular weight is 730 g/mol. The van der Waals surface area contributed by atoms with E-state index in [1.54, 1.807) is 0 Å². The first-order valence-electron chi connectivity index (χ1n) is 19.2. The number of rotatable bonds is 6. The van der Waals surface area contributed by atoms with Gasteiger partial charge in [-0.05, 0) is 120 Å². The zero-order valence-electron chi connectivity index (χ0n) is 30.6. The molecule has 0 bridgehead atoms. The highest BCUT2D eigenvalue weighted by Gasteiger charge is 2.21. The highest BCUT2D eigenvalue weighted by atomic mass is 32.1. The van der Waals surface area contributed by atoms with Gasteiger partial charge in [-0.1, -0.05) is 158 Å². The lowest BCUT2D eigenvalue weighted by atomic mass is 9.85. The van der Waals surface area contributed by atoms with Gasteiger partial charge in [-0.15, -0.1) is 11.3 Å². The maximum Gasteiger partial charge on any atom is 0.0468 e. The Morgan fingerprint density at radius 2 is 0.750 bits per heavy atom. The van der Waals surface area contributed by atoms with Gasteiger partial charge in [-0.3, -0.25) is 0 Å². The van der Waals surface area contributed by atoms with Gasteiger partial charge < -0.3 is 4.90 Å². The molecule has 0 saturated carbocycles. The molecule has 0 radical (unpaired) electrons. The monoisotopic (exact) mass is 729 g/mol. The number of nitrogens with zero attached hydrogens (tertiary/aromatic N) is 1. The van der Waals surface area contributed by atoms with E-state index < -0.39 is 0 Å². The Kier molecular flexibility index (Phi) is 7.75. The fourth-order valence-electron chi connectivity index (χ4n) is 8.61. The van der Waals surface area contributed by atoms with Gasteiger partial charge in [-0.25, -0.2) is 0 Å². The van der Waals surface area contributed by atoms with Crippen LogP contribution in [-0.4, -0.2) is 0 Å². The summed E-state index contributed by atoms with van der Waals surface area (Å²) in [5.41, 5.74) is 10.7. The summed E-state index contributed by atoms with van der Waals surface area (Å²) in [6, 6.07) is 77.9. The van der Waals surface area contributed by atoms with Crippen molar-refractivity contribution in [3.05, 3.63) is 212 Å². The van der Waals surface area contributed by atoms with Crippen LogP contribution in [0.15, 0.2) is 212 Å². The van der Waals surface area contributed by atoms with E-state index in [1.807, 2.05) is 11.3 Å². The Balaban J connectivity index is 1.18. The minimum Gasteiger partial charge on any atom is -0.310 e. The molecule has 10 aromatic carbocycles. The van der Waals surface area contributed by atoms with E-state index in [0.29, 0.717) is 0 Å². The minimum absolute atomic E-state index is 1.11. The molecule has 11 aromatic rings. The lowest BCUT2D eigenvalue weighted by molar-refractivity contribution is 1.30. The summed E-state index contributed by atoms with van der Waals surface area (Å²) >= 11 is 1.86. The first-order valence-corrected chi connectivity index (χ1v) is 20.0. The van der Waals surface area contributed by atoms with Crippen molar-refractivity contribution in [3.8, 4) is 33.4 Å². The molecule has 1 heterocycles. The van der Waals surface area contributed by atoms with Gasteiger partial charge in [-0.2, -0.15) is 0 Å². The van der Waals surface area contributed by atoms with Crippen LogP contribution in [0.2, 0.25) is 0 Å². The molecular weight excluding hydrogens is 695 g/mol. The molecule has 0 spiro atoms. The molecule has 11 rings (SSSR count). The molecule has 56 heavy (non-hydrogen) atoms. The van der Waals surface area contributed by atoms with E-state index in [0.717, 1.165) is 17.1 Å². The molecule has 0 fully saturated rings. The van der Waals surface area contributed by atoms with Gasteiger partial charge in [0.05, 0.1) is 0 Å². The normalized spacial score (nSPS) is 11.6. The van der Waals surface area contributed by atoms with Crippen LogP contribution in [-0.2, 0) is 0 Å². The van der Waals surface area contributed by atoms with E-state index in [9.17, 15) is 0 Å². The molecule has 0 N–H and O–H groups in total. The van der Waals surface area contributed by atoms with Crippen LogP contribution in [0, 0.1) is 0 Å². The van der Waals surface area contributed by atoms with Crippen LogP contribution in [0.1, 0.15) is 0 Å². The van der Waals surface area contributed by atoms with Crippen molar-refractivity contribution >= 4 is 80.9 Å². The molecule has 0 aliphatic carbocycles. The number of thiophene rings is 1. The fourth-order valence-corrected chi connectivity index (χ4v) is 9.70. The van der Waals surface area contributed by atoms with E-state index in [1.165, 1.54) is 85.9 Å². The summed E-state index contributed by atoms with van der Waals surface area (Å²) in [5, 5.41) is 9.99. The van der Waals surface area contributed by atoms with Gasteiger partial charge in [0.15, 0.2) is 0 Å². The summed E-state index contributed by atoms with van der Waals surface area (Å²) in [5.74, 6) is 0. The predicted molar refractivity (Wildman–Crippen MR) is 243 cm³/mol. The summed E-state index contributed by atoms with van der Waals surface area (Å²) in [6.45, 7) is 0. The summed E-state index contributed by atoms with van der Waals surface area (Å²) < 4.78 is 2.61. The number of fused-ring (bicyclic) bond motifs is 7. The second-order valence-electron chi connectivity index (χ2n) is 14.5. The summed E-state index contributed by atoms with van der Waals surface area (Å²) in [7, 11) is 0. The standard InChI is InChI=1S/C54H35NS/c1-4-14-36(15-5-1)39-24-25-41-33-42(27-26-40(41)32-39)55(44-29-31-52-49(34-44)47-21-12-13-23-51(47)56-52)43-28-30-46-45-20-10-11-22-48(45)53(37-16-6-2-7-17-37)54(50(46)35-43)38-18-8-3-9-19-38/h1-35H. The molecule has 262 valence electrons. The van der Waals surface area contributed by atoms with Crippen LogP contribution >= 0.6 is 11.3 Å². The van der Waals surface area contributed by atoms with Crippen LogP contribution in [0.3, 0.4) is 0 Å². The van der Waals surface area contributed by atoms with Crippen molar-refractivity contribution in [1.82, 2.24) is 0 Å². The highest BCUT2D eigenvalue weighted by Crippen LogP contribution is 2.48. The van der Waals surface area contributed by atoms with Gasteiger partial charge in [0.25, 0.3) is 0 Å². The summed E-state index contributed by atoms with van der Waals surface area (Å²) in [6.07, 6.45) is 0. The minimum atomic E-state index is 1.11. The Bertz CT molecular complexity index is 3240. The Labute approximate surface area is 330 Å². The lowest BCUT2D eigenvalue weighted by Crippen LogP contribution is -2.10. The molecule has 0 saturated heterocycles. The maximum atomic E-state index is 2.45. The largest absolute Gasteiger partial charge is 0.310 e. The van der Waals surface area contributed by atoms with E-state index >= 15 is 0 Å². The van der Waals surface area contributed by atoms with E-state index in [-0.39, 0.29) is 0 Å². The van der Waals surface area contributed by atoms with Crippen molar-refractivity contribution in [1.29, 1.82) is 0 Å². The van der Waals surface area contributed by atoms with Crippen LogP contribution in [0.5, 0.6) is 0 Å². The quantitative estimate of drug-likeness (QED) is 0.154. The molecule has 0 aliphatic heterocycles. The third-order valence-corrected chi connectivity index (χ3v) is 12.4. The highest BCUT2D eigenvalue weighted by molar-refractivity contribution is 7.25. The van der Waals surface area contributed by atoms with Crippen molar-refractivity contribution in [2.45, 2.75) is 0 Å². The average Bonchev–Trinajstić information content (AvgIpc) is 3.65. The van der Waals surface area contributed by atoms with E-state index in [4.69, 9.17) is 0 Å². The summed E-state index contributed by atoms with van der Waals surface area (Å²) in [4.78, 5) is 2.45. The number of benzene rings is 10. The molecule has 0 amide bonds. The predicted octanol–water partition coefficient (Wildman–Crippen LogP) is 16.0. The SMILES string of the molecule is c1ccc(-c2ccc3cc(N(c4ccc5c(c4)c(-c4ccccc4)c(-c4ccccc4)c4ccccc45)c4ccc5sc6ccccc6c5c4)ccc3c2)cc1. The first-order chi connectivity index (χ1) is 27.8. The van der Waals surface area contributed by atoms with Gasteiger partial charge >= 0.3 is 0 Å². The molecule has 1 aromatic heterocycles.